The summed E-state index contributed by atoms with van der Waals surface area (Å²) in [5.74, 6) is 0.517. The van der Waals surface area contributed by atoms with Crippen LogP contribution in [-0.2, 0) is 12.2 Å². The molecule has 0 radical (unpaired) electrons. The van der Waals surface area contributed by atoms with Crippen molar-refractivity contribution in [3.63, 3.8) is 0 Å². The molecule has 3 aromatic rings. The predicted octanol–water partition coefficient (Wildman–Crippen LogP) is 2.91. The number of aromatic nitrogens is 3. The van der Waals surface area contributed by atoms with Gasteiger partial charge in [0.15, 0.2) is 0 Å². The number of hydrogen-bond acceptors (Lipinski definition) is 7. The standard InChI is InChI=1S/C14H12N4O3S2/c1-2-12-16-17-13(19)7-9(15-14(17)23-12)8-22-11-5-3-10(4-6-11)18(20)21/h3-7H,2,8H2,1H3. The van der Waals surface area contributed by atoms with E-state index in [9.17, 15) is 14.9 Å². The first-order valence-electron chi connectivity index (χ1n) is 6.82. The fourth-order valence-electron chi connectivity index (χ4n) is 1.93. The number of thioether (sulfide) groups is 1. The Morgan fingerprint density at radius 3 is 2.74 bits per heavy atom. The first-order chi connectivity index (χ1) is 11.1. The molecule has 0 aliphatic rings. The fourth-order valence-corrected chi connectivity index (χ4v) is 3.58. The van der Waals surface area contributed by atoms with E-state index in [-0.39, 0.29) is 11.2 Å². The van der Waals surface area contributed by atoms with E-state index in [1.165, 1.54) is 45.8 Å². The SMILES string of the molecule is CCc1nn2c(=O)cc(CSc3ccc([N+](=O)[O-])cc3)nc2s1. The molecule has 0 fully saturated rings. The lowest BCUT2D eigenvalue weighted by atomic mass is 10.3. The molecule has 0 aliphatic heterocycles. The summed E-state index contributed by atoms with van der Waals surface area (Å²) in [6.45, 7) is 1.98. The molecule has 0 bridgehead atoms. The van der Waals surface area contributed by atoms with Crippen molar-refractivity contribution < 1.29 is 4.92 Å². The zero-order chi connectivity index (χ0) is 16.4. The van der Waals surface area contributed by atoms with Crippen LogP contribution < -0.4 is 5.56 Å². The lowest BCUT2D eigenvalue weighted by molar-refractivity contribution is -0.384. The summed E-state index contributed by atoms with van der Waals surface area (Å²) < 4.78 is 1.32. The van der Waals surface area contributed by atoms with Crippen molar-refractivity contribution in [2.45, 2.75) is 24.0 Å². The van der Waals surface area contributed by atoms with E-state index in [4.69, 9.17) is 0 Å². The molecule has 2 heterocycles. The van der Waals surface area contributed by atoms with Crippen LogP contribution in [0.1, 0.15) is 17.6 Å². The molecule has 118 valence electrons. The number of benzene rings is 1. The molecule has 1 aromatic carbocycles. The molecule has 0 N–H and O–H groups in total. The van der Waals surface area contributed by atoms with E-state index in [1.807, 2.05) is 6.92 Å². The molecule has 2 aromatic heterocycles. The highest BCUT2D eigenvalue weighted by atomic mass is 32.2. The van der Waals surface area contributed by atoms with E-state index in [0.717, 1.165) is 16.3 Å². The van der Waals surface area contributed by atoms with Gasteiger partial charge in [-0.3, -0.25) is 14.9 Å². The molecule has 0 spiro atoms. The first-order valence-corrected chi connectivity index (χ1v) is 8.63. The summed E-state index contributed by atoms with van der Waals surface area (Å²) in [5.41, 5.74) is 0.541. The van der Waals surface area contributed by atoms with Gasteiger partial charge in [-0.2, -0.15) is 9.61 Å². The normalized spacial score (nSPS) is 11.0. The van der Waals surface area contributed by atoms with Gasteiger partial charge >= 0.3 is 0 Å². The predicted molar refractivity (Wildman–Crippen MR) is 89.2 cm³/mol. The molecule has 3 rings (SSSR count). The number of non-ortho nitro benzene ring substituents is 1. The highest BCUT2D eigenvalue weighted by Crippen LogP contribution is 2.24. The molecule has 7 nitrogen and oxygen atoms in total. The number of nitrogens with zero attached hydrogens (tertiary/aromatic N) is 4. The molecule has 0 unspecified atom stereocenters. The third-order valence-electron chi connectivity index (χ3n) is 3.08. The Balaban J connectivity index is 1.78. The maximum Gasteiger partial charge on any atom is 0.275 e. The number of nitro benzene ring substituents is 1. The maximum absolute atomic E-state index is 12.0. The van der Waals surface area contributed by atoms with Crippen LogP contribution in [0.25, 0.3) is 4.96 Å². The number of fused-ring (bicyclic) bond motifs is 1. The molecular weight excluding hydrogens is 336 g/mol. The largest absolute Gasteiger partial charge is 0.275 e. The second kappa shape index (κ2) is 6.47. The van der Waals surface area contributed by atoms with Crippen molar-refractivity contribution >= 4 is 33.7 Å². The molecule has 0 atom stereocenters. The van der Waals surface area contributed by atoms with Gasteiger partial charge < -0.3 is 0 Å². The number of hydrogen-bond donors (Lipinski definition) is 0. The van der Waals surface area contributed by atoms with E-state index >= 15 is 0 Å². The summed E-state index contributed by atoms with van der Waals surface area (Å²) in [4.78, 5) is 28.2. The molecule has 0 saturated carbocycles. The second-order valence-electron chi connectivity index (χ2n) is 4.67. The molecule has 0 saturated heterocycles. The van der Waals surface area contributed by atoms with Crippen molar-refractivity contribution in [3.8, 4) is 0 Å². The van der Waals surface area contributed by atoms with Crippen LogP contribution in [0.5, 0.6) is 0 Å². The minimum atomic E-state index is -0.431. The lowest BCUT2D eigenvalue weighted by Gasteiger charge is -2.01. The highest BCUT2D eigenvalue weighted by molar-refractivity contribution is 7.98. The van der Waals surface area contributed by atoms with Gasteiger partial charge in [-0.25, -0.2) is 4.98 Å². The maximum atomic E-state index is 12.0. The van der Waals surface area contributed by atoms with E-state index in [1.54, 1.807) is 12.1 Å². The van der Waals surface area contributed by atoms with E-state index in [2.05, 4.69) is 10.1 Å². The molecule has 23 heavy (non-hydrogen) atoms. The Hall–Kier alpha value is -2.26. The van der Waals surface area contributed by atoms with Gasteiger partial charge in [-0.05, 0) is 18.6 Å². The van der Waals surface area contributed by atoms with Crippen molar-refractivity contribution in [2.75, 3.05) is 0 Å². The van der Waals surface area contributed by atoms with Crippen molar-refractivity contribution in [1.82, 2.24) is 14.6 Å². The lowest BCUT2D eigenvalue weighted by Crippen LogP contribution is -2.15. The number of nitro groups is 1. The summed E-state index contributed by atoms with van der Waals surface area (Å²) in [6, 6.07) is 7.78. The average molecular weight is 348 g/mol. The van der Waals surface area contributed by atoms with E-state index < -0.39 is 4.92 Å². The smallest absolute Gasteiger partial charge is 0.267 e. The Bertz CT molecular complexity index is 918. The van der Waals surface area contributed by atoms with Gasteiger partial charge in [0.05, 0.1) is 10.6 Å². The van der Waals surface area contributed by atoms with Crippen LogP contribution in [0.15, 0.2) is 40.0 Å². The summed E-state index contributed by atoms with van der Waals surface area (Å²) in [5, 5.41) is 15.7. The van der Waals surface area contributed by atoms with Crippen LogP contribution in [0.3, 0.4) is 0 Å². The number of aryl methyl sites for hydroxylation is 1. The van der Waals surface area contributed by atoms with Gasteiger partial charge in [-0.1, -0.05) is 18.3 Å². The van der Waals surface area contributed by atoms with Crippen molar-refractivity contribution in [2.24, 2.45) is 0 Å². The molecule has 0 amide bonds. The minimum Gasteiger partial charge on any atom is -0.267 e. The fraction of sp³-hybridized carbons (Fsp3) is 0.214. The first kappa shape index (κ1) is 15.6. The van der Waals surface area contributed by atoms with Crippen molar-refractivity contribution in [1.29, 1.82) is 0 Å². The van der Waals surface area contributed by atoms with Crippen LogP contribution >= 0.6 is 23.1 Å². The Morgan fingerprint density at radius 2 is 2.09 bits per heavy atom. The van der Waals surface area contributed by atoms with Crippen LogP contribution in [0.2, 0.25) is 0 Å². The van der Waals surface area contributed by atoms with Crippen LogP contribution in [-0.4, -0.2) is 19.5 Å². The zero-order valence-corrected chi connectivity index (χ0v) is 13.8. The van der Waals surface area contributed by atoms with Gasteiger partial charge in [-0.15, -0.1) is 11.8 Å². The van der Waals surface area contributed by atoms with E-state index in [0.29, 0.717) is 16.4 Å². The third-order valence-corrected chi connectivity index (χ3v) is 5.17. The van der Waals surface area contributed by atoms with Crippen LogP contribution in [0.4, 0.5) is 5.69 Å². The van der Waals surface area contributed by atoms with Gasteiger partial charge in [0.25, 0.3) is 11.2 Å². The summed E-state index contributed by atoms with van der Waals surface area (Å²) in [7, 11) is 0. The minimum absolute atomic E-state index is 0.0592. The molecule has 9 heteroatoms. The monoisotopic (exact) mass is 348 g/mol. The zero-order valence-electron chi connectivity index (χ0n) is 12.1. The van der Waals surface area contributed by atoms with Crippen LogP contribution in [0, 0.1) is 10.1 Å². The summed E-state index contributed by atoms with van der Waals surface area (Å²) >= 11 is 2.88. The van der Waals surface area contributed by atoms with Gasteiger partial charge in [0, 0.05) is 28.8 Å². The second-order valence-corrected chi connectivity index (χ2v) is 6.76. The quantitative estimate of drug-likeness (QED) is 0.400. The average Bonchev–Trinajstić information content (AvgIpc) is 2.97. The Morgan fingerprint density at radius 1 is 1.35 bits per heavy atom. The Labute approximate surface area is 139 Å². The van der Waals surface area contributed by atoms with Gasteiger partial charge in [0.2, 0.25) is 4.96 Å². The molecular formula is C14H12N4O3S2. The summed E-state index contributed by atoms with van der Waals surface area (Å²) in [6.07, 6.45) is 0.764. The number of rotatable bonds is 5. The van der Waals surface area contributed by atoms with Gasteiger partial charge in [0.1, 0.15) is 5.01 Å². The highest BCUT2D eigenvalue weighted by Gasteiger charge is 2.09. The topological polar surface area (TPSA) is 90.4 Å². The van der Waals surface area contributed by atoms with Crippen molar-refractivity contribution in [3.05, 3.63) is 61.5 Å². The molecule has 0 aliphatic carbocycles. The third kappa shape index (κ3) is 3.40. The Kier molecular flexibility index (Phi) is 4.39.